The van der Waals surface area contributed by atoms with Crippen molar-refractivity contribution in [1.29, 1.82) is 0 Å². The second-order valence-corrected chi connectivity index (χ2v) is 8.57. The van der Waals surface area contributed by atoms with Crippen LogP contribution in [0.4, 0.5) is 10.6 Å². The zero-order chi connectivity index (χ0) is 21.4. The van der Waals surface area contributed by atoms with E-state index in [1.807, 2.05) is 28.9 Å². The normalized spacial score (nSPS) is 15.3. The number of hydrogen-bond donors (Lipinski definition) is 2. The lowest BCUT2D eigenvalue weighted by atomic mass is 10.2. The van der Waals surface area contributed by atoms with Crippen LogP contribution in [0.5, 0.6) is 0 Å². The SMILES string of the molecule is O=C(Nc1ccn(CCN2CCNC2=O)n1)c1nn(-c2cccc(Br)c2)c2c1CCC2. The summed E-state index contributed by atoms with van der Waals surface area (Å²) in [6, 6.07) is 9.62. The van der Waals surface area contributed by atoms with Gasteiger partial charge in [0, 0.05) is 47.6 Å². The van der Waals surface area contributed by atoms with E-state index in [1.54, 1.807) is 21.8 Å². The number of halogens is 1. The molecule has 1 aromatic carbocycles. The van der Waals surface area contributed by atoms with Crippen LogP contribution < -0.4 is 10.6 Å². The van der Waals surface area contributed by atoms with Crippen molar-refractivity contribution in [3.63, 3.8) is 0 Å². The van der Waals surface area contributed by atoms with Crippen LogP contribution in [0.25, 0.3) is 5.69 Å². The number of nitrogens with zero attached hydrogens (tertiary/aromatic N) is 5. The number of fused-ring (bicyclic) bond motifs is 1. The third kappa shape index (κ3) is 3.95. The Morgan fingerprint density at radius 3 is 2.90 bits per heavy atom. The molecule has 9 nitrogen and oxygen atoms in total. The fourth-order valence-corrected chi connectivity index (χ4v) is 4.50. The van der Waals surface area contributed by atoms with Crippen LogP contribution in [0.3, 0.4) is 0 Å². The Kier molecular flexibility index (Phi) is 5.23. The molecule has 0 unspecified atom stereocenters. The molecule has 3 amide bonds. The van der Waals surface area contributed by atoms with Crippen LogP contribution in [0.15, 0.2) is 41.0 Å². The Labute approximate surface area is 187 Å². The molecule has 2 N–H and O–H groups in total. The summed E-state index contributed by atoms with van der Waals surface area (Å²) in [4.78, 5) is 26.4. The molecular weight excluding hydrogens is 462 g/mol. The molecule has 3 heterocycles. The van der Waals surface area contributed by atoms with Crippen molar-refractivity contribution in [3.8, 4) is 5.69 Å². The van der Waals surface area contributed by atoms with E-state index in [0.29, 0.717) is 37.7 Å². The Morgan fingerprint density at radius 1 is 1.19 bits per heavy atom. The number of aromatic nitrogens is 4. The largest absolute Gasteiger partial charge is 0.336 e. The molecule has 0 saturated carbocycles. The summed E-state index contributed by atoms with van der Waals surface area (Å²) >= 11 is 3.50. The number of hydrogen-bond acceptors (Lipinski definition) is 4. The highest BCUT2D eigenvalue weighted by atomic mass is 79.9. The second kappa shape index (κ2) is 8.18. The average molecular weight is 484 g/mol. The van der Waals surface area contributed by atoms with Gasteiger partial charge in [0.25, 0.3) is 5.91 Å². The van der Waals surface area contributed by atoms with Gasteiger partial charge in [0.2, 0.25) is 0 Å². The molecule has 1 aliphatic heterocycles. The highest BCUT2D eigenvalue weighted by Crippen LogP contribution is 2.29. The molecule has 0 spiro atoms. The van der Waals surface area contributed by atoms with E-state index in [2.05, 4.69) is 36.8 Å². The third-order valence-corrected chi connectivity index (χ3v) is 6.12. The van der Waals surface area contributed by atoms with Gasteiger partial charge in [-0.25, -0.2) is 9.48 Å². The number of carbonyl (C=O) groups excluding carboxylic acids is 2. The molecule has 0 bridgehead atoms. The lowest BCUT2D eigenvalue weighted by molar-refractivity contribution is 0.102. The first-order valence-electron chi connectivity index (χ1n) is 10.3. The van der Waals surface area contributed by atoms with Gasteiger partial charge in [-0.05, 0) is 37.5 Å². The first kappa shape index (κ1) is 19.8. The highest BCUT2D eigenvalue weighted by molar-refractivity contribution is 9.10. The number of benzene rings is 1. The van der Waals surface area contributed by atoms with Crippen LogP contribution in [0.2, 0.25) is 0 Å². The van der Waals surface area contributed by atoms with E-state index < -0.39 is 0 Å². The van der Waals surface area contributed by atoms with Gasteiger partial charge in [-0.15, -0.1) is 0 Å². The molecule has 1 fully saturated rings. The first-order valence-corrected chi connectivity index (χ1v) is 11.1. The Balaban J connectivity index is 1.31. The lowest BCUT2D eigenvalue weighted by Gasteiger charge is -2.13. The first-order chi connectivity index (χ1) is 15.1. The number of rotatable bonds is 6. The van der Waals surface area contributed by atoms with Crippen LogP contribution in [0, 0.1) is 0 Å². The van der Waals surface area contributed by atoms with Gasteiger partial charge in [-0.1, -0.05) is 22.0 Å². The quantitative estimate of drug-likeness (QED) is 0.562. The predicted molar refractivity (Wildman–Crippen MR) is 118 cm³/mol. The minimum Gasteiger partial charge on any atom is -0.336 e. The van der Waals surface area contributed by atoms with Gasteiger partial charge in [-0.3, -0.25) is 9.48 Å². The molecule has 3 aromatic rings. The van der Waals surface area contributed by atoms with Crippen molar-refractivity contribution in [2.24, 2.45) is 0 Å². The van der Waals surface area contributed by atoms with E-state index in [-0.39, 0.29) is 11.9 Å². The van der Waals surface area contributed by atoms with Crippen molar-refractivity contribution in [3.05, 3.63) is 58.0 Å². The topological polar surface area (TPSA) is 97.1 Å². The Hall–Kier alpha value is -3.14. The smallest absolute Gasteiger partial charge is 0.317 e. The van der Waals surface area contributed by atoms with Crippen LogP contribution in [-0.2, 0) is 19.4 Å². The maximum absolute atomic E-state index is 13.0. The monoisotopic (exact) mass is 483 g/mol. The molecule has 10 heteroatoms. The summed E-state index contributed by atoms with van der Waals surface area (Å²) in [6.45, 7) is 2.52. The van der Waals surface area contributed by atoms with Crippen molar-refractivity contribution < 1.29 is 9.59 Å². The number of anilines is 1. The zero-order valence-corrected chi connectivity index (χ0v) is 18.4. The summed E-state index contributed by atoms with van der Waals surface area (Å²) in [5.41, 5.74) is 3.49. The molecular formula is C21H22BrN7O2. The van der Waals surface area contributed by atoms with Crippen LogP contribution in [-0.4, -0.2) is 56.0 Å². The molecule has 1 saturated heterocycles. The highest BCUT2D eigenvalue weighted by Gasteiger charge is 2.27. The van der Waals surface area contributed by atoms with E-state index in [0.717, 1.165) is 40.7 Å². The number of amides is 3. The maximum atomic E-state index is 13.0. The minimum absolute atomic E-state index is 0.0458. The molecule has 0 atom stereocenters. The van der Waals surface area contributed by atoms with Crippen molar-refractivity contribution >= 4 is 33.7 Å². The van der Waals surface area contributed by atoms with Crippen LogP contribution >= 0.6 is 15.9 Å². The molecule has 2 aromatic heterocycles. The summed E-state index contributed by atoms with van der Waals surface area (Å²) < 4.78 is 4.57. The lowest BCUT2D eigenvalue weighted by Crippen LogP contribution is -2.31. The summed E-state index contributed by atoms with van der Waals surface area (Å²) in [7, 11) is 0. The van der Waals surface area contributed by atoms with Gasteiger partial charge in [0.1, 0.15) is 0 Å². The van der Waals surface area contributed by atoms with Crippen molar-refractivity contribution in [1.82, 2.24) is 29.8 Å². The van der Waals surface area contributed by atoms with E-state index in [1.165, 1.54) is 0 Å². The molecule has 0 radical (unpaired) electrons. The van der Waals surface area contributed by atoms with Crippen molar-refractivity contribution in [2.75, 3.05) is 25.0 Å². The number of urea groups is 1. The fourth-order valence-electron chi connectivity index (χ4n) is 4.12. The predicted octanol–water partition coefficient (Wildman–Crippen LogP) is 2.60. The van der Waals surface area contributed by atoms with Crippen LogP contribution in [0.1, 0.15) is 28.2 Å². The molecule has 31 heavy (non-hydrogen) atoms. The van der Waals surface area contributed by atoms with Gasteiger partial charge < -0.3 is 15.5 Å². The van der Waals surface area contributed by atoms with Crippen molar-refractivity contribution in [2.45, 2.75) is 25.8 Å². The van der Waals surface area contributed by atoms with E-state index in [9.17, 15) is 9.59 Å². The molecule has 2 aliphatic rings. The summed E-state index contributed by atoms with van der Waals surface area (Å²) in [5.74, 6) is 0.218. The van der Waals surface area contributed by atoms with Gasteiger partial charge in [0.05, 0.1) is 12.2 Å². The molecule has 5 rings (SSSR count). The Bertz CT molecular complexity index is 1150. The van der Waals surface area contributed by atoms with Gasteiger partial charge in [-0.2, -0.15) is 10.2 Å². The minimum atomic E-state index is -0.254. The van der Waals surface area contributed by atoms with Gasteiger partial charge >= 0.3 is 6.03 Å². The molecule has 160 valence electrons. The second-order valence-electron chi connectivity index (χ2n) is 7.66. The fraction of sp³-hybridized carbons (Fsp3) is 0.333. The molecule has 1 aliphatic carbocycles. The Morgan fingerprint density at radius 2 is 2.10 bits per heavy atom. The standard InChI is InChI=1S/C21H22BrN7O2/c22-14-3-1-4-15(13-14)29-17-6-2-5-16(17)19(26-29)20(30)24-18-7-9-28(25-18)12-11-27-10-8-23-21(27)31/h1,3-4,7,9,13H,2,5-6,8,10-12H2,(H,23,31)(H,24,25,30). The maximum Gasteiger partial charge on any atom is 0.317 e. The third-order valence-electron chi connectivity index (χ3n) is 5.62. The number of nitrogens with one attached hydrogen (secondary N) is 2. The zero-order valence-electron chi connectivity index (χ0n) is 16.8. The average Bonchev–Trinajstić information content (AvgIpc) is 3.51. The summed E-state index contributed by atoms with van der Waals surface area (Å²) in [6.07, 6.45) is 4.56. The van der Waals surface area contributed by atoms with E-state index >= 15 is 0 Å². The summed E-state index contributed by atoms with van der Waals surface area (Å²) in [5, 5.41) is 14.7. The van der Waals surface area contributed by atoms with Gasteiger partial charge in [0.15, 0.2) is 11.5 Å². The number of carbonyl (C=O) groups is 2. The van der Waals surface area contributed by atoms with E-state index in [4.69, 9.17) is 0 Å².